The van der Waals surface area contributed by atoms with Crippen LogP contribution < -0.4 is 0 Å². The van der Waals surface area contributed by atoms with Crippen LogP contribution >= 0.6 is 0 Å². The monoisotopic (exact) mass is 501 g/mol. The van der Waals surface area contributed by atoms with E-state index >= 15 is 0 Å². The third kappa shape index (κ3) is 12.3. The molecule has 0 saturated carbocycles. The van der Waals surface area contributed by atoms with Gasteiger partial charge in [-0.25, -0.2) is 5.56 Å². The van der Waals surface area contributed by atoms with Crippen molar-refractivity contribution in [2.75, 3.05) is 0 Å². The molecule has 22 heavy (non-hydrogen) atoms. The number of benzene rings is 2. The van der Waals surface area contributed by atoms with Gasteiger partial charge in [-0.1, -0.05) is 42.0 Å². The first-order valence-electron chi connectivity index (χ1n) is 6.79. The van der Waals surface area contributed by atoms with Gasteiger partial charge in [-0.3, -0.25) is 35.9 Å². The molecule has 0 atom stereocenters. The molecule has 118 valence electrons. The minimum Gasteiger partial charge on any atom is -0.286 e. The van der Waals surface area contributed by atoms with Crippen LogP contribution in [0.15, 0.2) is 36.4 Å². The van der Waals surface area contributed by atoms with Crippen molar-refractivity contribution >= 4 is 8.41 Å². The van der Waals surface area contributed by atoms with Crippen LogP contribution in [0.4, 0.5) is 0 Å². The molecule has 0 aromatic heterocycles. The van der Waals surface area contributed by atoms with Crippen molar-refractivity contribution in [2.45, 2.75) is 48.5 Å². The van der Waals surface area contributed by atoms with E-state index in [0.717, 1.165) is 17.5 Å². The van der Waals surface area contributed by atoms with E-state index in [9.17, 15) is 0 Å². The molecule has 2 aromatic rings. The second-order valence-corrected chi connectivity index (χ2v) is 3.15. The van der Waals surface area contributed by atoms with Crippen LogP contribution in [0.2, 0.25) is 0 Å². The molecular formula is C19H27BVW-. The number of hydrogen-bond donors (Lipinski definition) is 0. The van der Waals surface area contributed by atoms with Crippen LogP contribution in [-0.4, -0.2) is 8.41 Å². The largest absolute Gasteiger partial charge is 2.00 e. The number of hydrogen-bond acceptors (Lipinski definition) is 0. The van der Waals surface area contributed by atoms with Gasteiger partial charge in [0.25, 0.3) is 0 Å². The van der Waals surface area contributed by atoms with Crippen LogP contribution in [0, 0.1) is 18.2 Å². The summed E-state index contributed by atoms with van der Waals surface area (Å²) in [4.78, 5) is 0. The first-order chi connectivity index (χ1) is 8.90. The number of aryl methyl sites for hydroxylation is 1. The van der Waals surface area contributed by atoms with Gasteiger partial charge in [-0.15, -0.1) is 11.6 Å². The Hall–Kier alpha value is -0.222. The Bertz CT molecular complexity index is 419. The van der Waals surface area contributed by atoms with E-state index in [2.05, 4.69) is 43.3 Å². The molecule has 2 rings (SSSR count). The van der Waals surface area contributed by atoms with Gasteiger partial charge < -0.3 is 0 Å². The van der Waals surface area contributed by atoms with Gasteiger partial charge in [-0.2, -0.15) is 18.2 Å². The molecule has 0 N–H and O–H groups in total. The maximum absolute atomic E-state index is 3.36. The summed E-state index contributed by atoms with van der Waals surface area (Å²) in [5, 5.41) is 0. The van der Waals surface area contributed by atoms with E-state index in [4.69, 9.17) is 0 Å². The molecule has 0 spiro atoms. The van der Waals surface area contributed by atoms with E-state index < -0.39 is 0 Å². The van der Waals surface area contributed by atoms with Gasteiger partial charge in [0.15, 0.2) is 0 Å². The van der Waals surface area contributed by atoms with Crippen molar-refractivity contribution in [3.05, 3.63) is 60.2 Å². The molecule has 4 radical (unpaired) electrons. The molecule has 0 aliphatic heterocycles. The molecule has 0 amide bonds. The Balaban J connectivity index is -0.000000112. The molecular weight excluding hydrogens is 474 g/mol. The maximum Gasteiger partial charge on any atom is 2.00 e. The topological polar surface area (TPSA) is 0 Å². The van der Waals surface area contributed by atoms with Crippen molar-refractivity contribution in [3.63, 3.8) is 0 Å². The van der Waals surface area contributed by atoms with E-state index in [-0.39, 0.29) is 55.5 Å². The SMILES string of the molecule is C.CC.CC.CCc1[c-]c(-c2[c-]cc[c-]c2)ccc1.[B].[V+2].[W]. The molecule has 0 saturated heterocycles. The second kappa shape index (κ2) is 23.0. The molecule has 0 aliphatic rings. The van der Waals surface area contributed by atoms with Crippen LogP contribution in [0.5, 0.6) is 0 Å². The van der Waals surface area contributed by atoms with Crippen LogP contribution in [0.3, 0.4) is 0 Å². The van der Waals surface area contributed by atoms with Crippen molar-refractivity contribution in [2.24, 2.45) is 0 Å². The fraction of sp³-hybridized carbons (Fsp3) is 0.368. The van der Waals surface area contributed by atoms with E-state index in [0.29, 0.717) is 0 Å². The first kappa shape index (κ1) is 33.4. The fourth-order valence-corrected chi connectivity index (χ4v) is 1.39. The van der Waals surface area contributed by atoms with Crippen LogP contribution in [0.25, 0.3) is 11.1 Å². The Morgan fingerprint density at radius 1 is 0.955 bits per heavy atom. The van der Waals surface area contributed by atoms with Crippen LogP contribution in [-0.2, 0) is 46.0 Å². The fourth-order valence-electron chi connectivity index (χ4n) is 1.39. The summed E-state index contributed by atoms with van der Waals surface area (Å²) in [7, 11) is 0. The second-order valence-electron chi connectivity index (χ2n) is 3.15. The predicted octanol–water partition coefficient (Wildman–Crippen LogP) is 5.62. The third-order valence-corrected chi connectivity index (χ3v) is 2.17. The summed E-state index contributed by atoms with van der Waals surface area (Å²) < 4.78 is 0. The Morgan fingerprint density at radius 2 is 1.55 bits per heavy atom. The maximum atomic E-state index is 3.36. The zero-order valence-corrected chi connectivity index (χ0v) is 17.9. The molecule has 3 heteroatoms. The van der Waals surface area contributed by atoms with E-state index in [1.165, 1.54) is 5.56 Å². The summed E-state index contributed by atoms with van der Waals surface area (Å²) in [6.07, 6.45) is 1.02. The Labute approximate surface area is 167 Å². The standard InChI is InChI=1S/C14H11.2C2H6.CH4.B.V.W/c1-2-12-7-6-10-14(11-12)13-8-4-3-5-9-13;2*1-2;;;;/h3-4,6-7,9-10H,2H2,1H3;2*1-2H3;1H4;;;/q-3;;;;;+2;. The molecule has 0 unspecified atom stereocenters. The molecule has 0 fully saturated rings. The van der Waals surface area contributed by atoms with Gasteiger partial charge in [0.05, 0.1) is 0 Å². The Kier molecular flexibility index (Phi) is 35.0. The number of rotatable bonds is 2. The summed E-state index contributed by atoms with van der Waals surface area (Å²) in [6.45, 7) is 10.1. The van der Waals surface area contributed by atoms with Gasteiger partial charge >= 0.3 is 18.6 Å². The zero-order chi connectivity index (χ0) is 13.8. The average Bonchev–Trinajstić information content (AvgIpc) is 2.52. The molecule has 2 aromatic carbocycles. The summed E-state index contributed by atoms with van der Waals surface area (Å²) in [5.74, 6) is 0. The normalized spacial score (nSPS) is 6.95. The summed E-state index contributed by atoms with van der Waals surface area (Å²) in [6, 6.07) is 21.5. The van der Waals surface area contributed by atoms with Crippen LogP contribution in [0.1, 0.15) is 47.6 Å². The molecule has 0 bridgehead atoms. The van der Waals surface area contributed by atoms with E-state index in [1.807, 2.05) is 45.9 Å². The smallest absolute Gasteiger partial charge is 0.286 e. The Morgan fingerprint density at radius 3 is 2.00 bits per heavy atom. The van der Waals surface area contributed by atoms with E-state index in [1.54, 1.807) is 0 Å². The quantitative estimate of drug-likeness (QED) is 0.371. The van der Waals surface area contributed by atoms with Gasteiger partial charge in [0.2, 0.25) is 0 Å². The van der Waals surface area contributed by atoms with Gasteiger partial charge in [-0.05, 0) is 6.42 Å². The zero-order valence-electron chi connectivity index (χ0n) is 13.6. The minimum atomic E-state index is 0. The van der Waals surface area contributed by atoms with Crippen molar-refractivity contribution in [1.82, 2.24) is 0 Å². The van der Waals surface area contributed by atoms with Crippen molar-refractivity contribution < 1.29 is 39.6 Å². The predicted molar refractivity (Wildman–Crippen MR) is 92.9 cm³/mol. The first-order valence-corrected chi connectivity index (χ1v) is 6.79. The van der Waals surface area contributed by atoms with Crippen molar-refractivity contribution in [1.29, 1.82) is 0 Å². The average molecular weight is 501 g/mol. The third-order valence-electron chi connectivity index (χ3n) is 2.17. The molecule has 0 nitrogen and oxygen atoms in total. The summed E-state index contributed by atoms with van der Waals surface area (Å²) in [5.41, 5.74) is 3.39. The van der Waals surface area contributed by atoms with Crippen molar-refractivity contribution in [3.8, 4) is 11.1 Å². The summed E-state index contributed by atoms with van der Waals surface area (Å²) >= 11 is 0. The van der Waals surface area contributed by atoms with Gasteiger partial charge in [0.1, 0.15) is 0 Å². The molecule has 0 heterocycles. The molecule has 0 aliphatic carbocycles. The minimum absolute atomic E-state index is 0. The van der Waals surface area contributed by atoms with Gasteiger partial charge in [0, 0.05) is 29.5 Å².